The Hall–Kier alpha value is -5.42. The number of aromatic nitrogens is 2. The van der Waals surface area contributed by atoms with Crippen molar-refractivity contribution in [2.45, 2.75) is 356 Å². The number of aromatic carboxylic acids is 1. The van der Waals surface area contributed by atoms with Crippen molar-refractivity contribution in [1.29, 1.82) is 0 Å². The van der Waals surface area contributed by atoms with Gasteiger partial charge in [-0.3, -0.25) is 24.0 Å². The van der Waals surface area contributed by atoms with E-state index >= 15 is 0 Å². The monoisotopic (exact) mass is 1730 g/mol. The molecule has 4 saturated heterocycles. The smallest absolute Gasteiger partial charge is 0.365 e. The number of aliphatic hydroxyl groups excluding tert-OH is 10. The van der Waals surface area contributed by atoms with Gasteiger partial charge in [-0.15, -0.1) is 22.7 Å². The van der Waals surface area contributed by atoms with Gasteiger partial charge in [0.2, 0.25) is 16.8 Å². The summed E-state index contributed by atoms with van der Waals surface area (Å²) < 4.78 is 62.0. The lowest BCUT2D eigenvalue weighted by atomic mass is 9.74. The number of carboxylic acid groups (broad SMARTS) is 3. The molecule has 2 aromatic rings. The zero-order chi connectivity index (χ0) is 87.2. The quantitative estimate of drug-likeness (QED) is 0.0438. The standard InChI is InChI=1S/C40H63N3O15S.C35H60N2O14.C5H5NO2S/c1-5-23-15-24(25(46)12-9-13-41-36(51)37-42-19(2)18-59-37)16-26(34(23)58-40-33(50)32(49)30(47)20(3)54-40)56-39-29(43-21(4)45)35(31(48)28(17-44)57-39)55-27(38(52)53)14-22-10-7-6-8-11-22;1-4-20-14-21(22(40)11-8-12-36)15-23(31(20)51-35-30(44)29(43)27(41)17(2)47-35)49-34-26(37-18(3)39)32(28(42)25(16-38)50-34)48-24(33(45)46)13-19-9-6-5-7-10-19;1-3-2-9-4(6-3)5(7)8/h18,20,22-24,26-35,39-40,44,47-50H,5-17H2,1-4H3,(H,41,51)(H,43,45)(H,52,53);17,19-21,23-32,34-35,38,41-44H,4-16,36H2,1-3H3,(H,37,39)(H,45,46);2H,1H3,(H,7,8)/t20-,23?,24?,26+,27-,28?,29?,30-,31?,32?,33-,34+,35?,39+,40?;17-,20?,21?,23+,24-,25?,26?,27-,28?,29?,30-,31+,32?,34+,35?;/m00./s1. The number of nitrogens with two attached hydrogens (primary N) is 1. The van der Waals surface area contributed by atoms with Crippen molar-refractivity contribution in [3.05, 3.63) is 32.2 Å². The Balaban J connectivity index is 0.000000270. The Bertz CT molecular complexity index is 3520. The molecule has 0 aromatic carbocycles. The van der Waals surface area contributed by atoms with Crippen LogP contribution in [0.25, 0.3) is 0 Å². The van der Waals surface area contributed by atoms with Gasteiger partial charge in [-0.05, 0) is 109 Å². The topological polar surface area (TPSA) is 580 Å². The summed E-state index contributed by atoms with van der Waals surface area (Å²) in [6.45, 7) is 12.0. The molecule has 30 atom stereocenters. The summed E-state index contributed by atoms with van der Waals surface area (Å²) in [6, 6.07) is -2.55. The molecule has 10 rings (SSSR count). The highest BCUT2D eigenvalue weighted by Crippen LogP contribution is 2.44. The minimum absolute atomic E-state index is 0.0214. The average molecular weight is 1730 g/mol. The predicted molar refractivity (Wildman–Crippen MR) is 421 cm³/mol. The molecule has 4 aliphatic carbocycles. The highest BCUT2D eigenvalue weighted by atomic mass is 32.1. The number of rotatable bonds is 35. The van der Waals surface area contributed by atoms with E-state index in [1.807, 2.05) is 13.8 Å². The van der Waals surface area contributed by atoms with Gasteiger partial charge in [0, 0.05) is 67.2 Å². The number of hydrogen-bond donors (Lipinski definition) is 17. The number of nitrogens with one attached hydrogen (secondary N) is 3. The number of carboxylic acids is 3. The minimum Gasteiger partial charge on any atom is -0.479 e. The predicted octanol–water partition coefficient (Wildman–Crippen LogP) is 1.83. The summed E-state index contributed by atoms with van der Waals surface area (Å²) in [4.78, 5) is 108. The van der Waals surface area contributed by atoms with Gasteiger partial charge in [0.05, 0.1) is 49.8 Å². The van der Waals surface area contributed by atoms with Crippen LogP contribution >= 0.6 is 22.7 Å². The van der Waals surface area contributed by atoms with Gasteiger partial charge in [-0.25, -0.2) is 24.4 Å². The van der Waals surface area contributed by atoms with Gasteiger partial charge in [-0.2, -0.15) is 0 Å². The molecule has 6 heterocycles. The first-order valence-electron chi connectivity index (χ1n) is 41.9. The average Bonchev–Trinajstić information content (AvgIpc) is 1.09. The fraction of sp³-hybridized carbons (Fsp3) is 0.825. The molecule has 4 saturated carbocycles. The number of nitrogens with zero attached hydrogens (tertiary/aromatic N) is 2. The maximum atomic E-state index is 13.9. The largest absolute Gasteiger partial charge is 0.479 e. The number of thiazole rings is 2. The van der Waals surface area contributed by atoms with Gasteiger partial charge in [0.15, 0.2) is 42.4 Å². The number of aliphatic hydroxyl groups is 10. The molecule has 8 fully saturated rings. The molecular weight excluding hydrogens is 1610 g/mol. The van der Waals surface area contributed by atoms with Crippen molar-refractivity contribution in [3.63, 3.8) is 0 Å². The summed E-state index contributed by atoms with van der Waals surface area (Å²) in [5.74, 6) is -6.57. The Kier molecular flexibility index (Phi) is 39.6. The van der Waals surface area contributed by atoms with Crippen molar-refractivity contribution < 1.29 is 152 Å². The van der Waals surface area contributed by atoms with Crippen LogP contribution in [-0.4, -0.2) is 309 Å². The molecular formula is C80H128N6O31S2. The highest BCUT2D eigenvalue weighted by molar-refractivity contribution is 7.12. The normalized spacial score (nSPS) is 35.8. The molecule has 37 nitrogen and oxygen atoms in total. The highest BCUT2D eigenvalue weighted by Gasteiger charge is 2.56. The third kappa shape index (κ3) is 27.5. The molecule has 18 N–H and O–H groups in total. The van der Waals surface area contributed by atoms with Gasteiger partial charge in [-0.1, -0.05) is 90.9 Å². The van der Waals surface area contributed by atoms with E-state index in [9.17, 15) is 99.6 Å². The number of aliphatic carboxylic acids is 2. The molecule has 2 aromatic heterocycles. The maximum absolute atomic E-state index is 13.9. The van der Waals surface area contributed by atoms with E-state index in [4.69, 9.17) is 58.2 Å². The van der Waals surface area contributed by atoms with E-state index < -0.39 is 220 Å². The van der Waals surface area contributed by atoms with Crippen LogP contribution in [0.4, 0.5) is 0 Å². The van der Waals surface area contributed by atoms with Crippen molar-refractivity contribution in [2.75, 3.05) is 26.3 Å². The van der Waals surface area contributed by atoms with Crippen LogP contribution in [0.2, 0.25) is 0 Å². The lowest BCUT2D eigenvalue weighted by Crippen LogP contribution is -2.67. The van der Waals surface area contributed by atoms with E-state index in [0.29, 0.717) is 50.1 Å². The molecule has 3 amide bonds. The molecule has 119 heavy (non-hydrogen) atoms. The Morgan fingerprint density at radius 2 is 0.908 bits per heavy atom. The lowest BCUT2D eigenvalue weighted by molar-refractivity contribution is -0.338. The van der Waals surface area contributed by atoms with Crippen LogP contribution in [0.15, 0.2) is 10.8 Å². The van der Waals surface area contributed by atoms with Crippen molar-refractivity contribution in [3.8, 4) is 0 Å². The second-order valence-electron chi connectivity index (χ2n) is 32.9. The fourth-order valence-corrected chi connectivity index (χ4v) is 18.7. The molecule has 8 aliphatic rings. The SMILES string of the molecule is CCC1CC(C(=O)CCCN)C[C@@H](O[C@@H]2OC(CO)C(O)C(O[C@@H](CC3CCCCC3)C(=O)O)C2NC(C)=O)[C@@H]1OC1O[C@@H](C)[C@H](O)C(O)[C@@H]1O.CCC1CC(C(=O)CCCNC(=O)c2nc(C)cs2)C[C@@H](O[C@@H]2OC(CO)C(O)C(O[C@@H](CC3CCCCC3)C(=O)O)C2NC(C)=O)[C@@H]1OC1O[C@@H](C)[C@H](O)C(O)[C@@H]1O.Cc1csc(C(=O)O)n1. The molecule has 16 unspecified atom stereocenters. The van der Waals surface area contributed by atoms with Crippen LogP contribution < -0.4 is 21.7 Å². The van der Waals surface area contributed by atoms with Gasteiger partial charge < -0.3 is 135 Å². The third-order valence-corrected chi connectivity index (χ3v) is 25.9. The first kappa shape index (κ1) is 99.0. The summed E-state index contributed by atoms with van der Waals surface area (Å²) >= 11 is 2.38. The van der Waals surface area contributed by atoms with E-state index in [0.717, 1.165) is 86.9 Å². The molecule has 4 aliphatic heterocycles. The van der Waals surface area contributed by atoms with E-state index in [1.165, 1.54) is 39.0 Å². The van der Waals surface area contributed by atoms with Crippen molar-refractivity contribution >= 4 is 69.9 Å². The van der Waals surface area contributed by atoms with Crippen LogP contribution in [-0.2, 0) is 76.1 Å². The molecule has 0 spiro atoms. The Morgan fingerprint density at radius 1 is 0.513 bits per heavy atom. The maximum Gasteiger partial charge on any atom is 0.365 e. The van der Waals surface area contributed by atoms with Crippen LogP contribution in [0.3, 0.4) is 0 Å². The van der Waals surface area contributed by atoms with Gasteiger partial charge >= 0.3 is 17.9 Å². The van der Waals surface area contributed by atoms with Gasteiger partial charge in [0.25, 0.3) is 5.91 Å². The summed E-state index contributed by atoms with van der Waals surface area (Å²) in [5.41, 5.74) is 7.17. The first-order valence-corrected chi connectivity index (χ1v) is 43.7. The Morgan fingerprint density at radius 3 is 1.24 bits per heavy atom. The summed E-state index contributed by atoms with van der Waals surface area (Å²) in [5, 5.41) is 148. The lowest BCUT2D eigenvalue weighted by Gasteiger charge is -2.49. The van der Waals surface area contributed by atoms with Crippen molar-refractivity contribution in [2.24, 2.45) is 41.2 Å². The molecule has 39 heteroatoms. The van der Waals surface area contributed by atoms with E-state index in [1.54, 1.807) is 24.6 Å². The van der Waals surface area contributed by atoms with E-state index in [-0.39, 0.29) is 85.3 Å². The number of ketones is 2. The van der Waals surface area contributed by atoms with Gasteiger partial charge in [0.1, 0.15) is 96.9 Å². The number of aryl methyl sites for hydroxylation is 2. The minimum atomic E-state index is -1.65. The molecule has 0 bridgehead atoms. The fourth-order valence-electron chi connectivity index (χ4n) is 17.4. The van der Waals surface area contributed by atoms with Crippen LogP contribution in [0.1, 0.15) is 214 Å². The summed E-state index contributed by atoms with van der Waals surface area (Å²) in [6.07, 6.45) is -18.7. The number of hydrogen-bond acceptors (Lipinski definition) is 33. The zero-order valence-corrected chi connectivity index (χ0v) is 70.6. The second-order valence-corrected chi connectivity index (χ2v) is 34.6. The Labute approximate surface area is 700 Å². The van der Waals surface area contributed by atoms with E-state index in [2.05, 4.69) is 25.9 Å². The third-order valence-electron chi connectivity index (χ3n) is 24.0. The number of ether oxygens (including phenoxy) is 10. The van der Waals surface area contributed by atoms with Crippen LogP contribution in [0.5, 0.6) is 0 Å². The summed E-state index contributed by atoms with van der Waals surface area (Å²) in [7, 11) is 0. The first-order chi connectivity index (χ1) is 56.6. The number of carbonyl (C=O) groups excluding carboxylic acids is 5. The molecule has 0 radical (unpaired) electrons. The number of Topliss-reactive ketones (excluding diaryl/α,β-unsaturated/α-hetero) is 2. The molecule has 676 valence electrons. The zero-order valence-electron chi connectivity index (χ0n) is 69.0. The van der Waals surface area contributed by atoms with Crippen LogP contribution in [0, 0.1) is 49.4 Å². The number of carbonyl (C=O) groups is 8. The second kappa shape index (κ2) is 47.6. The van der Waals surface area contributed by atoms with Crippen molar-refractivity contribution in [1.82, 2.24) is 25.9 Å². The number of amides is 3.